The van der Waals surface area contributed by atoms with Gasteiger partial charge in [-0.25, -0.2) is 9.97 Å². The monoisotopic (exact) mass is 404 g/mol. The Balaban J connectivity index is 1.66. The number of hydrogen-bond donors (Lipinski definition) is 3. The molecule has 154 valence electrons. The summed E-state index contributed by atoms with van der Waals surface area (Å²) in [5, 5.41) is 2.93. The fraction of sp³-hybridized carbons (Fsp3) is 0.182. The Hall–Kier alpha value is -3.94. The van der Waals surface area contributed by atoms with Crippen molar-refractivity contribution in [3.8, 4) is 0 Å². The zero-order valence-corrected chi connectivity index (χ0v) is 16.9. The van der Waals surface area contributed by atoms with E-state index in [2.05, 4.69) is 15.3 Å². The van der Waals surface area contributed by atoms with E-state index in [0.29, 0.717) is 24.2 Å². The Bertz CT molecular complexity index is 1060. The van der Waals surface area contributed by atoms with E-state index < -0.39 is 5.91 Å². The summed E-state index contributed by atoms with van der Waals surface area (Å²) in [5.41, 5.74) is 14.9. The fourth-order valence-corrected chi connectivity index (χ4v) is 2.93. The number of nitrogens with zero attached hydrogens (tertiary/aromatic N) is 3. The Morgan fingerprint density at radius 1 is 1.07 bits per heavy atom. The standard InChI is InChI=1S/C22H24N6O2/c1-28(2)18-8-6-14(7-9-18)12-26-22(30)16-5-3-4-15(10-16)11-17-13-25-20(23)19(27-17)21(24)29/h3-10,13H,11-12H2,1-2H3,(H2,23,25)(H2,24,29)(H,26,30). The van der Waals surface area contributed by atoms with E-state index in [9.17, 15) is 9.59 Å². The Kier molecular flexibility index (Phi) is 6.26. The topological polar surface area (TPSA) is 127 Å². The number of carbonyl (C=O) groups is 2. The predicted molar refractivity (Wildman–Crippen MR) is 116 cm³/mol. The smallest absolute Gasteiger partial charge is 0.271 e. The first-order chi connectivity index (χ1) is 14.3. The lowest BCUT2D eigenvalue weighted by molar-refractivity contribution is 0.0949. The lowest BCUT2D eigenvalue weighted by Crippen LogP contribution is -2.23. The number of nitrogens with two attached hydrogens (primary N) is 2. The van der Waals surface area contributed by atoms with Gasteiger partial charge in [-0.05, 0) is 35.4 Å². The summed E-state index contributed by atoms with van der Waals surface area (Å²) in [6.45, 7) is 0.433. The van der Waals surface area contributed by atoms with Crippen molar-refractivity contribution in [1.29, 1.82) is 0 Å². The molecular formula is C22H24N6O2. The fourth-order valence-electron chi connectivity index (χ4n) is 2.93. The molecule has 2 amide bonds. The molecule has 0 aliphatic carbocycles. The summed E-state index contributed by atoms with van der Waals surface area (Å²) >= 11 is 0. The van der Waals surface area contributed by atoms with Crippen LogP contribution in [0.25, 0.3) is 0 Å². The maximum absolute atomic E-state index is 12.6. The molecule has 0 fully saturated rings. The number of carbonyl (C=O) groups excluding carboxylic acids is 2. The number of nitrogens with one attached hydrogen (secondary N) is 1. The quantitative estimate of drug-likeness (QED) is 0.550. The van der Waals surface area contributed by atoms with Crippen LogP contribution in [0.3, 0.4) is 0 Å². The molecule has 0 atom stereocenters. The molecule has 0 spiro atoms. The minimum absolute atomic E-state index is 0.00186. The summed E-state index contributed by atoms with van der Waals surface area (Å²) in [4.78, 5) is 34.1. The maximum atomic E-state index is 12.6. The highest BCUT2D eigenvalue weighted by Gasteiger charge is 2.12. The highest BCUT2D eigenvalue weighted by molar-refractivity contribution is 5.95. The van der Waals surface area contributed by atoms with Gasteiger partial charge in [0.15, 0.2) is 11.5 Å². The molecule has 0 saturated carbocycles. The highest BCUT2D eigenvalue weighted by Crippen LogP contribution is 2.14. The molecule has 0 bridgehead atoms. The normalized spacial score (nSPS) is 10.5. The van der Waals surface area contributed by atoms with E-state index in [1.165, 1.54) is 6.20 Å². The van der Waals surface area contributed by atoms with Crippen LogP contribution in [0.15, 0.2) is 54.7 Å². The van der Waals surface area contributed by atoms with Crippen LogP contribution in [0.2, 0.25) is 0 Å². The molecule has 1 heterocycles. The molecule has 8 nitrogen and oxygen atoms in total. The molecule has 0 saturated heterocycles. The van der Waals surface area contributed by atoms with Gasteiger partial charge in [0, 0.05) is 38.3 Å². The van der Waals surface area contributed by atoms with Gasteiger partial charge in [-0.3, -0.25) is 9.59 Å². The van der Waals surface area contributed by atoms with Crippen LogP contribution in [0.4, 0.5) is 11.5 Å². The minimum Gasteiger partial charge on any atom is -0.382 e. The predicted octanol–water partition coefficient (Wildman–Crippen LogP) is 1.74. The third-order valence-corrected chi connectivity index (χ3v) is 4.56. The average Bonchev–Trinajstić information content (AvgIpc) is 2.73. The van der Waals surface area contributed by atoms with E-state index in [-0.39, 0.29) is 17.4 Å². The lowest BCUT2D eigenvalue weighted by Gasteiger charge is -2.13. The summed E-state index contributed by atoms with van der Waals surface area (Å²) in [5.74, 6) is -0.902. The summed E-state index contributed by atoms with van der Waals surface area (Å²) in [6, 6.07) is 15.2. The van der Waals surface area contributed by atoms with Crippen molar-refractivity contribution < 1.29 is 9.59 Å². The van der Waals surface area contributed by atoms with Gasteiger partial charge in [-0.15, -0.1) is 0 Å². The zero-order chi connectivity index (χ0) is 21.7. The largest absolute Gasteiger partial charge is 0.382 e. The van der Waals surface area contributed by atoms with Crippen LogP contribution in [0.1, 0.15) is 37.7 Å². The van der Waals surface area contributed by atoms with Crippen molar-refractivity contribution in [2.45, 2.75) is 13.0 Å². The van der Waals surface area contributed by atoms with Crippen molar-refractivity contribution >= 4 is 23.3 Å². The summed E-state index contributed by atoms with van der Waals surface area (Å²) < 4.78 is 0. The highest BCUT2D eigenvalue weighted by atomic mass is 16.2. The second kappa shape index (κ2) is 9.04. The Labute approximate surface area is 174 Å². The summed E-state index contributed by atoms with van der Waals surface area (Å²) in [7, 11) is 3.96. The second-order valence-corrected chi connectivity index (χ2v) is 7.08. The van der Waals surface area contributed by atoms with Gasteiger partial charge in [0.25, 0.3) is 11.8 Å². The van der Waals surface area contributed by atoms with Crippen molar-refractivity contribution in [1.82, 2.24) is 15.3 Å². The molecule has 2 aromatic carbocycles. The van der Waals surface area contributed by atoms with Crippen LogP contribution in [-0.2, 0) is 13.0 Å². The van der Waals surface area contributed by atoms with Gasteiger partial charge < -0.3 is 21.7 Å². The van der Waals surface area contributed by atoms with Gasteiger partial charge in [0.2, 0.25) is 0 Å². The van der Waals surface area contributed by atoms with Crippen LogP contribution < -0.4 is 21.7 Å². The van der Waals surface area contributed by atoms with E-state index >= 15 is 0 Å². The number of benzene rings is 2. The van der Waals surface area contributed by atoms with Crippen LogP contribution >= 0.6 is 0 Å². The van der Waals surface area contributed by atoms with Crippen molar-refractivity contribution in [2.24, 2.45) is 5.73 Å². The number of hydrogen-bond acceptors (Lipinski definition) is 6. The zero-order valence-electron chi connectivity index (χ0n) is 16.9. The van der Waals surface area contributed by atoms with Gasteiger partial charge in [-0.1, -0.05) is 24.3 Å². The molecule has 5 N–H and O–H groups in total. The van der Waals surface area contributed by atoms with Crippen molar-refractivity contribution in [3.05, 3.63) is 82.8 Å². The summed E-state index contributed by atoms with van der Waals surface area (Å²) in [6.07, 6.45) is 1.88. The maximum Gasteiger partial charge on any atom is 0.271 e. The first-order valence-electron chi connectivity index (χ1n) is 9.38. The van der Waals surface area contributed by atoms with Crippen molar-refractivity contribution in [2.75, 3.05) is 24.7 Å². The average molecular weight is 404 g/mol. The molecular weight excluding hydrogens is 380 g/mol. The number of anilines is 2. The van der Waals surface area contributed by atoms with Gasteiger partial charge in [0.1, 0.15) is 0 Å². The third-order valence-electron chi connectivity index (χ3n) is 4.56. The van der Waals surface area contributed by atoms with E-state index in [4.69, 9.17) is 11.5 Å². The lowest BCUT2D eigenvalue weighted by atomic mass is 10.1. The number of aromatic nitrogens is 2. The van der Waals surface area contributed by atoms with Crippen LogP contribution in [-0.4, -0.2) is 35.9 Å². The molecule has 0 aliphatic rings. The molecule has 3 aromatic rings. The second-order valence-electron chi connectivity index (χ2n) is 7.08. The number of primary amides is 1. The Morgan fingerprint density at radius 3 is 2.47 bits per heavy atom. The Morgan fingerprint density at radius 2 is 1.80 bits per heavy atom. The molecule has 0 radical (unpaired) electrons. The van der Waals surface area contributed by atoms with E-state index in [1.54, 1.807) is 18.2 Å². The molecule has 0 unspecified atom stereocenters. The van der Waals surface area contributed by atoms with E-state index in [0.717, 1.165) is 16.8 Å². The SMILES string of the molecule is CN(C)c1ccc(CNC(=O)c2cccc(Cc3cnc(N)c(C(N)=O)n3)c2)cc1. The number of rotatable bonds is 7. The molecule has 8 heteroatoms. The van der Waals surface area contributed by atoms with Crippen molar-refractivity contribution in [3.63, 3.8) is 0 Å². The first-order valence-corrected chi connectivity index (χ1v) is 9.38. The third kappa shape index (κ3) is 5.11. The molecule has 1 aromatic heterocycles. The molecule has 3 rings (SSSR count). The van der Waals surface area contributed by atoms with Crippen LogP contribution in [0, 0.1) is 0 Å². The van der Waals surface area contributed by atoms with E-state index in [1.807, 2.05) is 49.3 Å². The number of nitrogen functional groups attached to an aromatic ring is 1. The minimum atomic E-state index is -0.728. The molecule has 0 aliphatic heterocycles. The van der Waals surface area contributed by atoms with Gasteiger partial charge >= 0.3 is 0 Å². The van der Waals surface area contributed by atoms with Crippen LogP contribution in [0.5, 0.6) is 0 Å². The van der Waals surface area contributed by atoms with Gasteiger partial charge in [-0.2, -0.15) is 0 Å². The van der Waals surface area contributed by atoms with Gasteiger partial charge in [0.05, 0.1) is 11.9 Å². The molecule has 30 heavy (non-hydrogen) atoms. The first kappa shape index (κ1) is 20.8. The number of amides is 2.